The zero-order chi connectivity index (χ0) is 20.3. The highest BCUT2D eigenvalue weighted by Crippen LogP contribution is 2.45. The number of likely N-dealkylation sites (tertiary alicyclic amines) is 1. The van der Waals surface area contributed by atoms with Crippen molar-refractivity contribution in [3.05, 3.63) is 60.4 Å². The van der Waals surface area contributed by atoms with E-state index in [2.05, 4.69) is 10.6 Å². The number of carbonyl (C=O) groups excluding carboxylic acids is 2. The first-order valence-electron chi connectivity index (χ1n) is 9.81. The molecule has 2 aromatic rings. The Kier molecular flexibility index (Phi) is 5.49. The third-order valence-corrected chi connectivity index (χ3v) is 5.88. The van der Waals surface area contributed by atoms with Crippen LogP contribution in [0.5, 0.6) is 0 Å². The van der Waals surface area contributed by atoms with Crippen LogP contribution in [0.1, 0.15) is 12.8 Å². The van der Waals surface area contributed by atoms with Gasteiger partial charge in [-0.15, -0.1) is 0 Å². The fraction of sp³-hybridized carbons (Fsp3) is 0.364. The molecule has 2 saturated heterocycles. The molecule has 0 aromatic heterocycles. The number of nitrogens with one attached hydrogen (secondary N) is 2. The van der Waals surface area contributed by atoms with Crippen LogP contribution in [0.4, 0.5) is 20.6 Å². The molecule has 4 rings (SSSR count). The first-order valence-corrected chi connectivity index (χ1v) is 9.81. The minimum atomic E-state index is -0.358. The molecule has 3 amide bonds. The minimum absolute atomic E-state index is 0.0739. The fourth-order valence-corrected chi connectivity index (χ4v) is 4.26. The Balaban J connectivity index is 1.50. The normalized spacial score (nSPS) is 20.4. The summed E-state index contributed by atoms with van der Waals surface area (Å²) in [4.78, 5) is 27.6. The molecule has 2 aromatic carbocycles. The highest BCUT2D eigenvalue weighted by Gasteiger charge is 2.51. The average Bonchev–Trinajstić information content (AvgIpc) is 3.10. The molecule has 0 saturated carbocycles. The van der Waals surface area contributed by atoms with Crippen molar-refractivity contribution in [2.24, 2.45) is 11.3 Å². The van der Waals surface area contributed by atoms with Gasteiger partial charge in [0.2, 0.25) is 5.91 Å². The average molecular weight is 397 g/mol. The number of para-hydroxylation sites is 1. The number of ether oxygens (including phenoxy) is 1. The second-order valence-electron chi connectivity index (χ2n) is 7.70. The van der Waals surface area contributed by atoms with E-state index >= 15 is 0 Å². The van der Waals surface area contributed by atoms with Crippen LogP contribution in [0, 0.1) is 17.2 Å². The van der Waals surface area contributed by atoms with Crippen molar-refractivity contribution in [3.8, 4) is 0 Å². The van der Waals surface area contributed by atoms with Crippen LogP contribution in [0.15, 0.2) is 54.6 Å². The van der Waals surface area contributed by atoms with E-state index in [1.807, 2.05) is 30.3 Å². The molecular formula is C22H24FN3O3. The number of amides is 3. The van der Waals surface area contributed by atoms with Crippen LogP contribution in [-0.4, -0.2) is 43.1 Å². The molecule has 6 nitrogen and oxygen atoms in total. The Morgan fingerprint density at radius 1 is 0.966 bits per heavy atom. The maximum atomic E-state index is 13.1. The van der Waals surface area contributed by atoms with E-state index in [0.29, 0.717) is 32.0 Å². The molecule has 2 aliphatic rings. The second kappa shape index (κ2) is 8.21. The van der Waals surface area contributed by atoms with Gasteiger partial charge < -0.3 is 20.3 Å². The number of anilines is 2. The van der Waals surface area contributed by atoms with E-state index < -0.39 is 0 Å². The van der Waals surface area contributed by atoms with Crippen LogP contribution >= 0.6 is 0 Å². The van der Waals surface area contributed by atoms with Crippen molar-refractivity contribution in [3.63, 3.8) is 0 Å². The van der Waals surface area contributed by atoms with Gasteiger partial charge in [0, 0.05) is 43.1 Å². The van der Waals surface area contributed by atoms with Gasteiger partial charge in [-0.3, -0.25) is 4.79 Å². The summed E-state index contributed by atoms with van der Waals surface area (Å²) in [5.74, 6) is -0.747. The van der Waals surface area contributed by atoms with Gasteiger partial charge in [0.15, 0.2) is 0 Å². The number of hydrogen-bond acceptors (Lipinski definition) is 3. The summed E-state index contributed by atoms with van der Waals surface area (Å²) in [6.45, 7) is 2.01. The lowest BCUT2D eigenvalue weighted by Gasteiger charge is -2.37. The molecule has 2 N–H and O–H groups in total. The maximum absolute atomic E-state index is 13.1. The number of hydrogen-bond donors (Lipinski definition) is 2. The van der Waals surface area contributed by atoms with E-state index in [1.54, 1.807) is 4.90 Å². The van der Waals surface area contributed by atoms with Crippen molar-refractivity contribution in [1.29, 1.82) is 0 Å². The van der Waals surface area contributed by atoms with E-state index in [0.717, 1.165) is 18.5 Å². The summed E-state index contributed by atoms with van der Waals surface area (Å²) in [6.07, 6.45) is 1.47. The van der Waals surface area contributed by atoms with E-state index in [-0.39, 0.29) is 29.1 Å². The summed E-state index contributed by atoms with van der Waals surface area (Å²) in [7, 11) is 0. The van der Waals surface area contributed by atoms with Crippen LogP contribution in [0.2, 0.25) is 0 Å². The molecule has 1 unspecified atom stereocenters. The van der Waals surface area contributed by atoms with Crippen LogP contribution in [-0.2, 0) is 9.53 Å². The molecule has 0 radical (unpaired) electrons. The Labute approximate surface area is 169 Å². The van der Waals surface area contributed by atoms with Crippen molar-refractivity contribution >= 4 is 23.3 Å². The molecule has 0 bridgehead atoms. The van der Waals surface area contributed by atoms with Crippen LogP contribution in [0.3, 0.4) is 0 Å². The quantitative estimate of drug-likeness (QED) is 0.829. The minimum Gasteiger partial charge on any atom is -0.381 e. The highest BCUT2D eigenvalue weighted by atomic mass is 19.1. The summed E-state index contributed by atoms with van der Waals surface area (Å²) >= 11 is 0. The van der Waals surface area contributed by atoms with Gasteiger partial charge in [0.25, 0.3) is 0 Å². The zero-order valence-corrected chi connectivity index (χ0v) is 16.1. The SMILES string of the molecule is O=C(Nc1ccccc1)C1CN(C(=O)Nc2ccc(F)cc2)CC12CCOCC2. The summed E-state index contributed by atoms with van der Waals surface area (Å²) in [6, 6.07) is 14.7. The maximum Gasteiger partial charge on any atom is 0.321 e. The molecule has 1 atom stereocenters. The fourth-order valence-electron chi connectivity index (χ4n) is 4.26. The molecule has 2 fully saturated rings. The summed E-state index contributed by atoms with van der Waals surface area (Å²) in [5.41, 5.74) is 0.973. The van der Waals surface area contributed by atoms with Gasteiger partial charge >= 0.3 is 6.03 Å². The van der Waals surface area contributed by atoms with Crippen molar-refractivity contribution < 1.29 is 18.7 Å². The third kappa shape index (κ3) is 4.24. The van der Waals surface area contributed by atoms with E-state index in [1.165, 1.54) is 24.3 Å². The lowest BCUT2D eigenvalue weighted by atomic mass is 9.71. The molecule has 29 heavy (non-hydrogen) atoms. The highest BCUT2D eigenvalue weighted by molar-refractivity contribution is 5.95. The number of carbonyl (C=O) groups is 2. The molecule has 152 valence electrons. The van der Waals surface area contributed by atoms with Crippen molar-refractivity contribution in [2.45, 2.75) is 12.8 Å². The monoisotopic (exact) mass is 397 g/mol. The second-order valence-corrected chi connectivity index (χ2v) is 7.70. The molecule has 0 aliphatic carbocycles. The number of benzene rings is 2. The first-order chi connectivity index (χ1) is 14.1. The summed E-state index contributed by atoms with van der Waals surface area (Å²) in [5, 5.41) is 5.79. The van der Waals surface area contributed by atoms with Crippen molar-refractivity contribution in [1.82, 2.24) is 4.90 Å². The smallest absolute Gasteiger partial charge is 0.321 e. The van der Waals surface area contributed by atoms with Crippen LogP contribution < -0.4 is 10.6 Å². The Bertz CT molecular complexity index is 867. The molecule has 2 heterocycles. The number of urea groups is 1. The lowest BCUT2D eigenvalue weighted by Crippen LogP contribution is -2.42. The predicted octanol–water partition coefficient (Wildman–Crippen LogP) is 3.72. The standard InChI is InChI=1S/C22H24FN3O3/c23-16-6-8-18(9-7-16)25-21(28)26-14-19(22(15-26)10-12-29-13-11-22)20(27)24-17-4-2-1-3-5-17/h1-9,19H,10-15H2,(H,24,27)(H,25,28). The molecule has 7 heteroatoms. The van der Waals surface area contributed by atoms with Gasteiger partial charge in [0.05, 0.1) is 5.92 Å². The predicted molar refractivity (Wildman–Crippen MR) is 108 cm³/mol. The first kappa shape index (κ1) is 19.4. The Morgan fingerprint density at radius 3 is 2.31 bits per heavy atom. The largest absolute Gasteiger partial charge is 0.381 e. The van der Waals surface area contributed by atoms with Gasteiger partial charge in [-0.2, -0.15) is 0 Å². The number of halogens is 1. The molecule has 2 aliphatic heterocycles. The zero-order valence-electron chi connectivity index (χ0n) is 16.1. The number of nitrogens with zero attached hydrogens (tertiary/aromatic N) is 1. The van der Waals surface area contributed by atoms with Gasteiger partial charge in [-0.25, -0.2) is 9.18 Å². The van der Waals surface area contributed by atoms with Gasteiger partial charge in [-0.05, 0) is 49.2 Å². The van der Waals surface area contributed by atoms with Crippen LogP contribution in [0.25, 0.3) is 0 Å². The number of rotatable bonds is 3. The Morgan fingerprint density at radius 2 is 1.62 bits per heavy atom. The Hall–Kier alpha value is -2.93. The third-order valence-electron chi connectivity index (χ3n) is 5.88. The molecular weight excluding hydrogens is 373 g/mol. The van der Waals surface area contributed by atoms with Gasteiger partial charge in [0.1, 0.15) is 5.82 Å². The van der Waals surface area contributed by atoms with Crippen molar-refractivity contribution in [2.75, 3.05) is 36.9 Å². The van der Waals surface area contributed by atoms with Gasteiger partial charge in [-0.1, -0.05) is 18.2 Å². The van der Waals surface area contributed by atoms with E-state index in [9.17, 15) is 14.0 Å². The summed E-state index contributed by atoms with van der Waals surface area (Å²) < 4.78 is 18.6. The molecule has 1 spiro atoms. The lowest BCUT2D eigenvalue weighted by molar-refractivity contribution is -0.124. The van der Waals surface area contributed by atoms with E-state index in [4.69, 9.17) is 4.74 Å². The topological polar surface area (TPSA) is 70.7 Å².